The number of amides is 1. The van der Waals surface area contributed by atoms with Crippen molar-refractivity contribution in [3.8, 4) is 0 Å². The van der Waals surface area contributed by atoms with Crippen LogP contribution in [-0.4, -0.2) is 22.6 Å². The van der Waals surface area contributed by atoms with E-state index in [1.54, 1.807) is 42.5 Å². The fourth-order valence-corrected chi connectivity index (χ4v) is 5.98. The van der Waals surface area contributed by atoms with Gasteiger partial charge in [0.15, 0.2) is 5.78 Å². The van der Waals surface area contributed by atoms with Crippen LogP contribution in [0.4, 0.5) is 5.69 Å². The summed E-state index contributed by atoms with van der Waals surface area (Å²) >= 11 is 12.0. The lowest BCUT2D eigenvalue weighted by atomic mass is 9.83. The minimum absolute atomic E-state index is 0.0573. The first-order valence-corrected chi connectivity index (χ1v) is 13.3. The van der Waals surface area contributed by atoms with Gasteiger partial charge in [0.25, 0.3) is 5.91 Å². The molecule has 7 heteroatoms. The summed E-state index contributed by atoms with van der Waals surface area (Å²) in [6.07, 6.45) is 4.16. The average Bonchev–Trinajstić information content (AvgIpc) is 2.95. The monoisotopic (exact) mass is 552 g/mol. The van der Waals surface area contributed by atoms with E-state index in [0.29, 0.717) is 39.0 Å². The summed E-state index contributed by atoms with van der Waals surface area (Å²) in [6.45, 7) is 0. The Morgan fingerprint density at radius 3 is 2.26 bits per heavy atom. The second-order valence-electron chi connectivity index (χ2n) is 9.58. The van der Waals surface area contributed by atoms with Crippen molar-refractivity contribution in [3.63, 3.8) is 0 Å². The molecule has 0 aliphatic heterocycles. The van der Waals surface area contributed by atoms with Crippen molar-refractivity contribution in [2.45, 2.75) is 19.3 Å². The highest BCUT2D eigenvalue weighted by Gasteiger charge is 2.23. The highest BCUT2D eigenvalue weighted by molar-refractivity contribution is 6.35. The van der Waals surface area contributed by atoms with Crippen LogP contribution < -0.4 is 15.8 Å². The molecular formula is C32H22Cl2N2O3. The number of carbonyl (C=O) groups excluding carboxylic acids is 2. The summed E-state index contributed by atoms with van der Waals surface area (Å²) in [5.41, 5.74) is 4.59. The number of carbonyl (C=O) groups is 2. The summed E-state index contributed by atoms with van der Waals surface area (Å²) in [6, 6.07) is 23.5. The van der Waals surface area contributed by atoms with E-state index >= 15 is 0 Å². The molecule has 0 bridgehead atoms. The zero-order chi connectivity index (χ0) is 27.1. The second kappa shape index (κ2) is 10.2. The number of halogens is 2. The van der Waals surface area contributed by atoms with Crippen molar-refractivity contribution < 1.29 is 14.8 Å². The van der Waals surface area contributed by atoms with E-state index < -0.39 is 0 Å². The molecular weight excluding hydrogens is 531 g/mol. The minimum Gasteiger partial charge on any atom is -0.410 e. The largest absolute Gasteiger partial charge is 0.410 e. The minimum atomic E-state index is -0.349. The van der Waals surface area contributed by atoms with Crippen LogP contribution in [0.25, 0.3) is 11.6 Å². The first-order valence-electron chi connectivity index (χ1n) is 12.5. The molecule has 0 fully saturated rings. The molecule has 0 saturated heterocycles. The maximum absolute atomic E-state index is 13.7. The number of Topliss-reactive ketones (excluding diaryl/α,β-unsaturated/α-hetero) is 1. The lowest BCUT2D eigenvalue weighted by Gasteiger charge is -2.20. The summed E-state index contributed by atoms with van der Waals surface area (Å²) in [5, 5.41) is 21.0. The van der Waals surface area contributed by atoms with Gasteiger partial charge in [0.05, 0.1) is 0 Å². The molecule has 0 unspecified atom stereocenters. The highest BCUT2D eigenvalue weighted by Crippen LogP contribution is 2.25. The molecule has 0 radical (unpaired) electrons. The number of hydrogen-bond acceptors (Lipinski definition) is 4. The summed E-state index contributed by atoms with van der Waals surface area (Å²) in [7, 11) is 0. The number of nitrogens with one attached hydrogen (secondary N) is 1. The average molecular weight is 553 g/mol. The lowest BCUT2D eigenvalue weighted by Crippen LogP contribution is -2.27. The molecule has 0 saturated carbocycles. The van der Waals surface area contributed by atoms with Crippen LogP contribution in [0.1, 0.15) is 44.7 Å². The maximum Gasteiger partial charge on any atom is 0.255 e. The van der Waals surface area contributed by atoms with Gasteiger partial charge in [-0.3, -0.25) is 9.59 Å². The Balaban J connectivity index is 1.37. The van der Waals surface area contributed by atoms with Gasteiger partial charge < -0.3 is 10.5 Å². The third kappa shape index (κ3) is 4.65. The van der Waals surface area contributed by atoms with Gasteiger partial charge in [-0.2, -0.15) is 0 Å². The third-order valence-electron chi connectivity index (χ3n) is 7.20. The number of ketones is 1. The van der Waals surface area contributed by atoms with Gasteiger partial charge in [0.1, 0.15) is 5.71 Å². The molecule has 39 heavy (non-hydrogen) atoms. The van der Waals surface area contributed by atoms with E-state index in [1.165, 1.54) is 0 Å². The summed E-state index contributed by atoms with van der Waals surface area (Å²) in [5.74, 6) is -0.406. The fourth-order valence-electron chi connectivity index (χ4n) is 5.45. The van der Waals surface area contributed by atoms with Gasteiger partial charge in [-0.25, -0.2) is 0 Å². The van der Waals surface area contributed by atoms with Gasteiger partial charge in [-0.15, -0.1) is 0 Å². The molecule has 2 aliphatic rings. The zero-order valence-corrected chi connectivity index (χ0v) is 22.2. The molecule has 0 heterocycles. The van der Waals surface area contributed by atoms with Crippen molar-refractivity contribution >= 4 is 57.9 Å². The number of rotatable bonds is 4. The van der Waals surface area contributed by atoms with Crippen LogP contribution in [0.15, 0.2) is 84.0 Å². The van der Waals surface area contributed by atoms with Crippen molar-refractivity contribution in [3.05, 3.63) is 132 Å². The Kier molecular flexibility index (Phi) is 6.55. The van der Waals surface area contributed by atoms with E-state index in [1.807, 2.05) is 36.4 Å². The van der Waals surface area contributed by atoms with E-state index in [0.717, 1.165) is 50.4 Å². The van der Waals surface area contributed by atoms with E-state index in [-0.39, 0.29) is 11.7 Å². The van der Waals surface area contributed by atoms with E-state index in [2.05, 4.69) is 16.5 Å². The van der Waals surface area contributed by atoms with Gasteiger partial charge in [0, 0.05) is 38.0 Å². The summed E-state index contributed by atoms with van der Waals surface area (Å²) < 4.78 is 0. The Morgan fingerprint density at radius 2 is 1.51 bits per heavy atom. The smallest absolute Gasteiger partial charge is 0.255 e. The zero-order valence-electron chi connectivity index (χ0n) is 20.7. The number of benzene rings is 4. The van der Waals surface area contributed by atoms with Crippen LogP contribution in [-0.2, 0) is 6.42 Å². The molecule has 1 amide bonds. The standard InChI is InChI=1S/C32H22Cl2N2O3/c33-21-14-20(15-22(34)17-21)32(38)35-23-10-8-18(9-11-23)31(37)28-7-3-6-26-25(28)12-13-27-24-5-2-1-4-19(24)16-29(36-39)30(26)27/h1-2,4-5,8-17,39H,3,6-7H2,(H,35,38). The summed E-state index contributed by atoms with van der Waals surface area (Å²) in [4.78, 5) is 26.3. The van der Waals surface area contributed by atoms with Crippen LogP contribution in [0.3, 0.4) is 0 Å². The lowest BCUT2D eigenvalue weighted by molar-refractivity contribution is 0.102. The molecule has 4 aromatic carbocycles. The number of nitrogens with zero attached hydrogens (tertiary/aromatic N) is 1. The molecule has 0 atom stereocenters. The predicted molar refractivity (Wildman–Crippen MR) is 154 cm³/mol. The SMILES string of the molecule is O=C(Nc1ccc(C(=O)C2=c3ccc4c(c3CCC2)C(=NO)C=c2ccccc2=4)cc1)c1cc(Cl)cc(Cl)c1. The Labute approximate surface area is 234 Å². The first-order chi connectivity index (χ1) is 18.9. The third-order valence-corrected chi connectivity index (χ3v) is 7.64. The first kappa shape index (κ1) is 25.1. The number of oxime groups is 1. The van der Waals surface area contributed by atoms with Crippen LogP contribution >= 0.6 is 23.2 Å². The molecule has 2 aliphatic carbocycles. The fraction of sp³-hybridized carbons (Fsp3) is 0.0938. The van der Waals surface area contributed by atoms with Gasteiger partial charge in [-0.05, 0) is 94.2 Å². The number of hydrogen-bond donors (Lipinski definition) is 2. The number of anilines is 1. The molecule has 4 aromatic rings. The Bertz CT molecular complexity index is 1910. The van der Waals surface area contributed by atoms with Gasteiger partial charge >= 0.3 is 0 Å². The van der Waals surface area contributed by atoms with Gasteiger partial charge in [0.2, 0.25) is 0 Å². The molecule has 192 valence electrons. The number of fused-ring (bicyclic) bond motifs is 4. The molecule has 2 N–H and O–H groups in total. The van der Waals surface area contributed by atoms with Crippen LogP contribution in [0.5, 0.6) is 0 Å². The predicted octanol–water partition coefficient (Wildman–Crippen LogP) is 5.87. The van der Waals surface area contributed by atoms with Crippen molar-refractivity contribution in [1.29, 1.82) is 0 Å². The van der Waals surface area contributed by atoms with Crippen molar-refractivity contribution in [1.82, 2.24) is 0 Å². The van der Waals surface area contributed by atoms with Crippen LogP contribution in [0, 0.1) is 10.4 Å². The Morgan fingerprint density at radius 1 is 0.795 bits per heavy atom. The highest BCUT2D eigenvalue weighted by atomic mass is 35.5. The molecule has 5 nitrogen and oxygen atoms in total. The van der Waals surface area contributed by atoms with Crippen LogP contribution in [0.2, 0.25) is 10.0 Å². The van der Waals surface area contributed by atoms with Crippen molar-refractivity contribution in [2.75, 3.05) is 5.32 Å². The Hall–Kier alpha value is -4.19. The maximum atomic E-state index is 13.7. The second-order valence-corrected chi connectivity index (χ2v) is 10.5. The van der Waals surface area contributed by atoms with Gasteiger partial charge in [-0.1, -0.05) is 64.8 Å². The van der Waals surface area contributed by atoms with Crippen molar-refractivity contribution in [2.24, 2.45) is 5.16 Å². The molecule has 6 rings (SSSR count). The van der Waals surface area contributed by atoms with E-state index in [9.17, 15) is 14.8 Å². The normalized spacial score (nSPS) is 14.6. The topological polar surface area (TPSA) is 78.8 Å². The van der Waals surface area contributed by atoms with E-state index in [4.69, 9.17) is 23.2 Å². The quantitative estimate of drug-likeness (QED) is 0.188. The molecule has 0 spiro atoms. The molecule has 0 aromatic heterocycles.